The molecule has 0 saturated heterocycles. The molecule has 1 saturated carbocycles. The second-order valence-corrected chi connectivity index (χ2v) is 10.6. The summed E-state index contributed by atoms with van der Waals surface area (Å²) < 4.78 is 37.3. The Bertz CT molecular complexity index is 819. The Morgan fingerprint density at radius 2 is 1.93 bits per heavy atom. The summed E-state index contributed by atoms with van der Waals surface area (Å²) in [4.78, 5) is 0. The maximum absolute atomic E-state index is 11.7. The Kier molecular flexibility index (Phi) is 6.65. The van der Waals surface area contributed by atoms with Gasteiger partial charge in [0.1, 0.15) is 23.2 Å². The number of aliphatic hydroxyl groups is 1. The number of aliphatic hydroxyl groups excluding tert-OH is 1. The summed E-state index contributed by atoms with van der Waals surface area (Å²) in [5.74, 6) is 1.68. The lowest BCUT2D eigenvalue weighted by molar-refractivity contribution is -0.0646. The minimum atomic E-state index is -3.47. The van der Waals surface area contributed by atoms with Crippen LogP contribution in [0, 0.1) is 5.92 Å². The van der Waals surface area contributed by atoms with Crippen LogP contribution >= 0.6 is 0 Å². The van der Waals surface area contributed by atoms with Crippen LogP contribution in [0.15, 0.2) is 12.1 Å². The van der Waals surface area contributed by atoms with E-state index in [1.54, 1.807) is 12.1 Å². The van der Waals surface area contributed by atoms with Gasteiger partial charge >= 0.3 is 0 Å². The van der Waals surface area contributed by atoms with Crippen molar-refractivity contribution in [3.63, 3.8) is 0 Å². The summed E-state index contributed by atoms with van der Waals surface area (Å²) in [6.07, 6.45) is 7.97. The third-order valence-corrected chi connectivity index (χ3v) is 6.60. The molecule has 29 heavy (non-hydrogen) atoms. The maximum atomic E-state index is 11.7. The van der Waals surface area contributed by atoms with Crippen LogP contribution in [-0.4, -0.2) is 45.1 Å². The summed E-state index contributed by atoms with van der Waals surface area (Å²) in [5.41, 5.74) is 0.283. The van der Waals surface area contributed by atoms with Gasteiger partial charge in [-0.2, -0.15) is 0 Å². The zero-order valence-electron chi connectivity index (χ0n) is 17.8. The van der Waals surface area contributed by atoms with Gasteiger partial charge < -0.3 is 19.9 Å². The number of ether oxygens (including phenoxy) is 2. The monoisotopic (exact) mass is 426 g/mol. The van der Waals surface area contributed by atoms with E-state index in [0.717, 1.165) is 30.7 Å². The molecule has 2 atom stereocenters. The summed E-state index contributed by atoms with van der Waals surface area (Å²) in [7, 11) is -1.98. The maximum Gasteiger partial charge on any atom is 0.229 e. The van der Waals surface area contributed by atoms with Crippen LogP contribution in [0.1, 0.15) is 64.0 Å². The third-order valence-electron chi connectivity index (χ3n) is 6.00. The molecule has 0 amide bonds. The van der Waals surface area contributed by atoms with E-state index in [1.165, 1.54) is 39.2 Å². The van der Waals surface area contributed by atoms with E-state index >= 15 is 0 Å². The van der Waals surface area contributed by atoms with Gasteiger partial charge in [-0.3, -0.25) is 4.72 Å². The number of hydrogen-bond donors (Lipinski definition) is 3. The number of methoxy groups -OCH3 is 1. The molecule has 1 aromatic carbocycles. The molecule has 0 bridgehead atoms. The average molecular weight is 427 g/mol. The lowest BCUT2D eigenvalue weighted by atomic mass is 9.85. The molecular weight excluding hydrogens is 392 g/mol. The Morgan fingerprint density at radius 1 is 1.24 bits per heavy atom. The second kappa shape index (κ2) is 8.70. The summed E-state index contributed by atoms with van der Waals surface area (Å²) in [5, 5.41) is 14.5. The summed E-state index contributed by atoms with van der Waals surface area (Å²) in [6.45, 7) is 4.49. The molecule has 0 spiro atoms. The molecule has 8 heteroatoms. The van der Waals surface area contributed by atoms with E-state index in [-0.39, 0.29) is 6.04 Å². The molecule has 164 valence electrons. The molecule has 7 nitrogen and oxygen atoms in total. The Morgan fingerprint density at radius 3 is 2.55 bits per heavy atom. The van der Waals surface area contributed by atoms with Gasteiger partial charge in [0.25, 0.3) is 0 Å². The van der Waals surface area contributed by atoms with Crippen molar-refractivity contribution in [2.24, 2.45) is 5.92 Å². The molecule has 3 rings (SSSR count). The van der Waals surface area contributed by atoms with Crippen LogP contribution in [-0.2, 0) is 10.0 Å². The van der Waals surface area contributed by atoms with Crippen LogP contribution in [0.5, 0.6) is 11.5 Å². The quantitative estimate of drug-likeness (QED) is 0.620. The molecule has 0 radical (unpaired) electrons. The van der Waals surface area contributed by atoms with Crippen molar-refractivity contribution in [2.75, 3.05) is 24.6 Å². The minimum absolute atomic E-state index is 0.321. The molecule has 1 heterocycles. The first-order valence-electron chi connectivity index (χ1n) is 10.4. The highest BCUT2D eigenvalue weighted by atomic mass is 32.2. The van der Waals surface area contributed by atoms with Gasteiger partial charge in [0.2, 0.25) is 10.0 Å². The largest absolute Gasteiger partial charge is 0.495 e. The van der Waals surface area contributed by atoms with Gasteiger partial charge in [0.15, 0.2) is 0 Å². The number of sulfonamides is 1. The van der Waals surface area contributed by atoms with E-state index < -0.39 is 21.7 Å². The van der Waals surface area contributed by atoms with Crippen molar-refractivity contribution in [3.8, 4) is 11.5 Å². The number of fused-ring (bicyclic) bond motifs is 1. The van der Waals surface area contributed by atoms with Crippen molar-refractivity contribution < 1.29 is 23.0 Å². The highest BCUT2D eigenvalue weighted by molar-refractivity contribution is 7.92. The van der Waals surface area contributed by atoms with E-state index in [1.807, 2.05) is 13.8 Å². The lowest BCUT2D eigenvalue weighted by Gasteiger charge is -2.43. The highest BCUT2D eigenvalue weighted by Gasteiger charge is 2.43. The molecule has 1 aromatic rings. The number of anilines is 1. The number of nitrogens with one attached hydrogen (secondary N) is 2. The van der Waals surface area contributed by atoms with Crippen LogP contribution in [0.25, 0.3) is 0 Å². The molecule has 1 aliphatic heterocycles. The molecule has 0 aromatic heterocycles. The number of rotatable bonds is 7. The summed E-state index contributed by atoms with van der Waals surface area (Å²) in [6, 6.07) is 3.07. The molecular formula is C21H34N2O5S. The van der Waals surface area contributed by atoms with Gasteiger partial charge in [-0.1, -0.05) is 32.1 Å². The molecule has 3 N–H and O–H groups in total. The van der Waals surface area contributed by atoms with E-state index in [9.17, 15) is 13.5 Å². The zero-order chi connectivity index (χ0) is 21.2. The van der Waals surface area contributed by atoms with E-state index in [2.05, 4.69) is 10.0 Å². The number of benzene rings is 1. The topological polar surface area (TPSA) is 96.9 Å². The van der Waals surface area contributed by atoms with Gasteiger partial charge in [-0.15, -0.1) is 0 Å². The molecule has 1 fully saturated rings. The van der Waals surface area contributed by atoms with Gasteiger partial charge in [0, 0.05) is 11.6 Å². The molecule has 2 aliphatic rings. The van der Waals surface area contributed by atoms with Crippen molar-refractivity contribution in [1.29, 1.82) is 0 Å². The smallest absolute Gasteiger partial charge is 0.229 e. The van der Waals surface area contributed by atoms with Gasteiger partial charge in [-0.05, 0) is 38.8 Å². The predicted octanol–water partition coefficient (Wildman–Crippen LogP) is 3.20. The van der Waals surface area contributed by atoms with Crippen molar-refractivity contribution >= 4 is 15.7 Å². The first-order chi connectivity index (χ1) is 13.6. The fourth-order valence-electron chi connectivity index (χ4n) is 4.41. The molecule has 0 unspecified atom stereocenters. The van der Waals surface area contributed by atoms with Crippen molar-refractivity contribution in [3.05, 3.63) is 17.7 Å². The highest BCUT2D eigenvalue weighted by Crippen LogP contribution is 2.44. The lowest BCUT2D eigenvalue weighted by Crippen LogP contribution is -2.52. The fourth-order valence-corrected chi connectivity index (χ4v) is 4.97. The third kappa shape index (κ3) is 5.35. The van der Waals surface area contributed by atoms with Crippen LogP contribution in [0.3, 0.4) is 0 Å². The predicted molar refractivity (Wildman–Crippen MR) is 114 cm³/mol. The Labute approximate surface area is 174 Å². The van der Waals surface area contributed by atoms with E-state index in [4.69, 9.17) is 9.47 Å². The molecule has 1 aliphatic carbocycles. The van der Waals surface area contributed by atoms with Gasteiger partial charge in [-0.25, -0.2) is 8.42 Å². The first kappa shape index (κ1) is 22.2. The van der Waals surface area contributed by atoms with Crippen molar-refractivity contribution in [1.82, 2.24) is 5.32 Å². The Balaban J connectivity index is 1.85. The minimum Gasteiger partial charge on any atom is -0.495 e. The normalized spacial score (nSPS) is 24.4. The van der Waals surface area contributed by atoms with Crippen LogP contribution in [0.2, 0.25) is 0 Å². The standard InChI is InChI=1S/C21H34N2O5S/c1-21(2)20(24)19(22-11-10-14-8-6-5-7-9-14)15-12-18(27-3)16(13-17(15)28-21)23-29(4,25)26/h12-14,19-20,22-24H,5-11H2,1-4H3/t19-,20+/m0/s1. The van der Waals surface area contributed by atoms with Crippen LogP contribution in [0.4, 0.5) is 5.69 Å². The van der Waals surface area contributed by atoms with Crippen LogP contribution < -0.4 is 19.5 Å². The second-order valence-electron chi connectivity index (χ2n) is 8.84. The SMILES string of the molecule is COc1cc2c(cc1NS(C)(=O)=O)OC(C)(C)[C@H](O)[C@H]2NCCC1CCCCC1. The Hall–Kier alpha value is -1.51. The van der Waals surface area contributed by atoms with Gasteiger partial charge in [0.05, 0.1) is 25.1 Å². The van der Waals surface area contributed by atoms with E-state index in [0.29, 0.717) is 17.2 Å². The summed E-state index contributed by atoms with van der Waals surface area (Å²) >= 11 is 0. The average Bonchev–Trinajstić information content (AvgIpc) is 2.64. The van der Waals surface area contributed by atoms with Crippen molar-refractivity contribution in [2.45, 2.75) is 70.1 Å². The zero-order valence-corrected chi connectivity index (χ0v) is 18.6. The number of hydrogen-bond acceptors (Lipinski definition) is 6. The first-order valence-corrected chi connectivity index (χ1v) is 12.3. The fraction of sp³-hybridized carbons (Fsp3) is 0.714.